The number of amides is 1. The Morgan fingerprint density at radius 2 is 1.89 bits per heavy atom. The first kappa shape index (κ1) is 24.4. The van der Waals surface area contributed by atoms with Gasteiger partial charge in [0, 0.05) is 12.6 Å². The van der Waals surface area contributed by atoms with Crippen LogP contribution in [0.5, 0.6) is 5.75 Å². The third kappa shape index (κ3) is 4.38. The van der Waals surface area contributed by atoms with Crippen molar-refractivity contribution in [2.45, 2.75) is 44.6 Å². The number of carbonyl (C=O) groups is 1. The number of sulfonamides is 1. The molecule has 4 aromatic rings. The number of anilines is 1. The van der Waals surface area contributed by atoms with E-state index < -0.39 is 16.1 Å². The number of hydrogen-bond acceptors (Lipinski definition) is 7. The summed E-state index contributed by atoms with van der Waals surface area (Å²) in [5.41, 5.74) is 3.84. The highest BCUT2D eigenvalue weighted by atomic mass is 32.2. The zero-order chi connectivity index (χ0) is 25.6. The largest absolute Gasteiger partial charge is 0.497 e. The molecule has 1 aliphatic heterocycles. The van der Waals surface area contributed by atoms with Gasteiger partial charge in [-0.3, -0.25) is 4.79 Å². The van der Waals surface area contributed by atoms with Crippen molar-refractivity contribution in [2.75, 3.05) is 19.0 Å². The Hall–Kier alpha value is -3.28. The molecule has 0 spiro atoms. The van der Waals surface area contributed by atoms with Crippen LogP contribution in [-0.4, -0.2) is 53.1 Å². The Labute approximate surface area is 213 Å². The molecule has 0 radical (unpaired) electrons. The lowest BCUT2D eigenvalue weighted by atomic mass is 10.1. The second-order valence-corrected chi connectivity index (χ2v) is 11.8. The molecule has 1 N–H and O–H groups in total. The molecular formula is C25H27N5O4S2. The summed E-state index contributed by atoms with van der Waals surface area (Å²) in [5.74, 6) is 0.631. The molecule has 188 valence electrons. The number of aromatic nitrogens is 3. The van der Waals surface area contributed by atoms with Crippen molar-refractivity contribution in [3.63, 3.8) is 0 Å². The third-order valence-corrected chi connectivity index (χ3v) is 9.16. The number of nitrogens with zero attached hydrogens (tertiary/aromatic N) is 4. The molecule has 0 saturated carbocycles. The number of hydrogen-bond donors (Lipinski definition) is 1. The van der Waals surface area contributed by atoms with Crippen molar-refractivity contribution in [2.24, 2.45) is 0 Å². The predicted octanol–water partition coefficient (Wildman–Crippen LogP) is 4.21. The van der Waals surface area contributed by atoms with Crippen LogP contribution < -0.4 is 10.1 Å². The molecule has 1 amide bonds. The number of methoxy groups -OCH3 is 1. The molecule has 1 saturated heterocycles. The molecule has 3 heterocycles. The van der Waals surface area contributed by atoms with E-state index in [0.717, 1.165) is 21.3 Å². The standard InChI is InChI=1S/C25H27N5O4S2/c1-15-12-16(2)23-21(13-15)35-25(27-23)30-22(14-17(3)28-30)26-24(31)20-6-5-11-29(20)36(32,33)19-9-7-18(34-4)8-10-19/h7-10,12-14,20H,5-6,11H2,1-4H3,(H,26,31). The zero-order valence-electron chi connectivity index (χ0n) is 20.5. The van der Waals surface area contributed by atoms with E-state index in [9.17, 15) is 13.2 Å². The number of carbonyl (C=O) groups excluding carboxylic acids is 1. The summed E-state index contributed by atoms with van der Waals surface area (Å²) in [5, 5.41) is 8.10. The van der Waals surface area contributed by atoms with Crippen LogP contribution in [0.4, 0.5) is 5.82 Å². The van der Waals surface area contributed by atoms with E-state index >= 15 is 0 Å². The van der Waals surface area contributed by atoms with Crippen LogP contribution in [0.15, 0.2) is 47.4 Å². The van der Waals surface area contributed by atoms with Gasteiger partial charge in [0.25, 0.3) is 0 Å². The van der Waals surface area contributed by atoms with Gasteiger partial charge < -0.3 is 10.1 Å². The van der Waals surface area contributed by atoms with Crippen LogP contribution in [0.3, 0.4) is 0 Å². The number of ether oxygens (including phenoxy) is 1. The monoisotopic (exact) mass is 525 g/mol. The Morgan fingerprint density at radius 3 is 2.61 bits per heavy atom. The van der Waals surface area contributed by atoms with Gasteiger partial charge in [0.05, 0.1) is 27.9 Å². The molecule has 36 heavy (non-hydrogen) atoms. The molecule has 1 fully saturated rings. The normalized spacial score (nSPS) is 16.5. The van der Waals surface area contributed by atoms with Crippen molar-refractivity contribution in [1.29, 1.82) is 0 Å². The molecule has 9 nitrogen and oxygen atoms in total. The summed E-state index contributed by atoms with van der Waals surface area (Å²) in [4.78, 5) is 18.3. The van der Waals surface area contributed by atoms with Crippen molar-refractivity contribution in [3.8, 4) is 10.9 Å². The number of thiazole rings is 1. The molecule has 1 aliphatic rings. The van der Waals surface area contributed by atoms with Crippen LogP contribution in [0.1, 0.15) is 29.7 Å². The van der Waals surface area contributed by atoms with E-state index in [1.54, 1.807) is 22.9 Å². The van der Waals surface area contributed by atoms with Gasteiger partial charge in [-0.15, -0.1) is 0 Å². The highest BCUT2D eigenvalue weighted by molar-refractivity contribution is 7.89. The average Bonchev–Trinajstić information content (AvgIpc) is 3.57. The van der Waals surface area contributed by atoms with E-state index in [-0.39, 0.29) is 17.3 Å². The Balaban J connectivity index is 1.42. The van der Waals surface area contributed by atoms with Gasteiger partial charge in [-0.2, -0.15) is 14.1 Å². The number of rotatable bonds is 6. The van der Waals surface area contributed by atoms with Gasteiger partial charge in [0.2, 0.25) is 21.1 Å². The highest BCUT2D eigenvalue weighted by Gasteiger charge is 2.39. The number of benzene rings is 2. The SMILES string of the molecule is COc1ccc(S(=O)(=O)N2CCCC2C(=O)Nc2cc(C)nn2-c2nc3c(C)cc(C)cc3s2)cc1. The zero-order valence-corrected chi connectivity index (χ0v) is 22.1. The lowest BCUT2D eigenvalue weighted by molar-refractivity contribution is -0.119. The van der Waals surface area contributed by atoms with Crippen LogP contribution in [0, 0.1) is 20.8 Å². The first-order valence-corrected chi connectivity index (χ1v) is 13.8. The van der Waals surface area contributed by atoms with Crippen molar-refractivity contribution in [3.05, 3.63) is 59.3 Å². The molecule has 0 aliphatic carbocycles. The van der Waals surface area contributed by atoms with Crippen LogP contribution >= 0.6 is 11.3 Å². The Kier molecular flexibility index (Phi) is 6.31. The van der Waals surface area contributed by atoms with E-state index in [1.807, 2.05) is 20.8 Å². The molecule has 2 aromatic heterocycles. The Bertz CT molecular complexity index is 1560. The first-order valence-electron chi connectivity index (χ1n) is 11.6. The molecule has 1 unspecified atom stereocenters. The summed E-state index contributed by atoms with van der Waals surface area (Å²) in [6.07, 6.45) is 1.04. The lowest BCUT2D eigenvalue weighted by Crippen LogP contribution is -2.43. The van der Waals surface area contributed by atoms with Crippen LogP contribution in [-0.2, 0) is 14.8 Å². The minimum Gasteiger partial charge on any atom is -0.497 e. The molecule has 5 rings (SSSR count). The van der Waals surface area contributed by atoms with E-state index in [0.29, 0.717) is 35.2 Å². The smallest absolute Gasteiger partial charge is 0.243 e. The summed E-state index contributed by atoms with van der Waals surface area (Å²) in [6, 6.07) is 11.3. The van der Waals surface area contributed by atoms with Gasteiger partial charge in [-0.1, -0.05) is 17.4 Å². The fourth-order valence-electron chi connectivity index (χ4n) is 4.57. The fraction of sp³-hybridized carbons (Fsp3) is 0.320. The minimum absolute atomic E-state index is 0.129. The first-order chi connectivity index (χ1) is 17.2. The van der Waals surface area contributed by atoms with Gasteiger partial charge in [-0.25, -0.2) is 13.4 Å². The van der Waals surface area contributed by atoms with Crippen molar-refractivity contribution in [1.82, 2.24) is 19.1 Å². The molecule has 1 atom stereocenters. The molecule has 2 aromatic carbocycles. The maximum absolute atomic E-state index is 13.4. The van der Waals surface area contributed by atoms with Gasteiger partial charge in [-0.05, 0) is 75.1 Å². The third-order valence-electron chi connectivity index (χ3n) is 6.25. The predicted molar refractivity (Wildman–Crippen MR) is 139 cm³/mol. The number of nitrogens with one attached hydrogen (secondary N) is 1. The van der Waals surface area contributed by atoms with Crippen LogP contribution in [0.25, 0.3) is 15.3 Å². The van der Waals surface area contributed by atoms with E-state index in [1.165, 1.54) is 34.9 Å². The summed E-state index contributed by atoms with van der Waals surface area (Å²) < 4.78 is 35.7. The maximum Gasteiger partial charge on any atom is 0.243 e. The minimum atomic E-state index is -3.85. The number of aryl methyl sites for hydroxylation is 3. The summed E-state index contributed by atoms with van der Waals surface area (Å²) >= 11 is 1.49. The summed E-state index contributed by atoms with van der Waals surface area (Å²) in [6.45, 7) is 6.18. The topological polar surface area (TPSA) is 106 Å². The Morgan fingerprint density at radius 1 is 1.14 bits per heavy atom. The van der Waals surface area contributed by atoms with E-state index in [4.69, 9.17) is 9.72 Å². The van der Waals surface area contributed by atoms with Crippen molar-refractivity contribution < 1.29 is 17.9 Å². The highest BCUT2D eigenvalue weighted by Crippen LogP contribution is 2.31. The molecule has 11 heteroatoms. The maximum atomic E-state index is 13.4. The second kappa shape index (κ2) is 9.30. The quantitative estimate of drug-likeness (QED) is 0.404. The lowest BCUT2D eigenvalue weighted by Gasteiger charge is -2.23. The fourth-order valence-corrected chi connectivity index (χ4v) is 7.33. The van der Waals surface area contributed by atoms with Gasteiger partial charge in [0.15, 0.2) is 0 Å². The average molecular weight is 526 g/mol. The van der Waals surface area contributed by atoms with E-state index in [2.05, 4.69) is 22.5 Å². The van der Waals surface area contributed by atoms with Crippen LogP contribution in [0.2, 0.25) is 0 Å². The number of fused-ring (bicyclic) bond motifs is 1. The molecule has 0 bridgehead atoms. The molecular weight excluding hydrogens is 498 g/mol. The summed E-state index contributed by atoms with van der Waals surface area (Å²) in [7, 11) is -2.33. The van der Waals surface area contributed by atoms with Gasteiger partial charge in [0.1, 0.15) is 17.6 Å². The van der Waals surface area contributed by atoms with Gasteiger partial charge >= 0.3 is 0 Å². The second-order valence-electron chi connectivity index (χ2n) is 8.95. The van der Waals surface area contributed by atoms with Crippen molar-refractivity contribution >= 4 is 43.3 Å².